The third kappa shape index (κ3) is 3.01. The smallest absolute Gasteiger partial charge is 0.349 e. The summed E-state index contributed by atoms with van der Waals surface area (Å²) in [5.74, 6) is -0.144. The SMILES string of the molecule is COC(=O)/C(C#N)=C(/c1ccccc1OC)c1ccnc2ccccc12. The first-order valence-corrected chi connectivity index (χ1v) is 7.91. The zero-order valence-electron chi connectivity index (χ0n) is 14.4. The monoisotopic (exact) mass is 344 g/mol. The van der Waals surface area contributed by atoms with Gasteiger partial charge in [0.05, 0.1) is 19.7 Å². The molecule has 26 heavy (non-hydrogen) atoms. The number of fused-ring (bicyclic) bond motifs is 1. The molecule has 0 aliphatic rings. The Morgan fingerprint density at radius 1 is 1.00 bits per heavy atom. The number of benzene rings is 2. The number of carbonyl (C=O) groups is 1. The molecule has 3 rings (SSSR count). The lowest BCUT2D eigenvalue weighted by Crippen LogP contribution is -2.08. The van der Waals surface area contributed by atoms with E-state index in [0.717, 1.165) is 10.9 Å². The molecular formula is C21H16N2O3. The van der Waals surface area contributed by atoms with Crippen LogP contribution in [0, 0.1) is 11.3 Å². The summed E-state index contributed by atoms with van der Waals surface area (Å²) in [4.78, 5) is 16.7. The van der Waals surface area contributed by atoms with E-state index in [0.29, 0.717) is 22.4 Å². The van der Waals surface area contributed by atoms with Gasteiger partial charge in [0.2, 0.25) is 0 Å². The molecule has 3 aromatic rings. The number of esters is 1. The number of pyridine rings is 1. The Labute approximate surface area is 151 Å². The van der Waals surface area contributed by atoms with Gasteiger partial charge in [0.1, 0.15) is 17.4 Å². The number of nitrogens with zero attached hydrogens (tertiary/aromatic N) is 2. The van der Waals surface area contributed by atoms with Gasteiger partial charge in [-0.1, -0.05) is 36.4 Å². The van der Waals surface area contributed by atoms with Gasteiger partial charge >= 0.3 is 5.97 Å². The molecular weight excluding hydrogens is 328 g/mol. The van der Waals surface area contributed by atoms with Crippen LogP contribution in [0.25, 0.3) is 16.5 Å². The summed E-state index contributed by atoms with van der Waals surface area (Å²) in [5.41, 5.74) is 2.47. The van der Waals surface area contributed by atoms with Gasteiger partial charge in [-0.25, -0.2) is 4.79 Å². The second-order valence-corrected chi connectivity index (χ2v) is 5.43. The average Bonchev–Trinajstić information content (AvgIpc) is 2.71. The van der Waals surface area contributed by atoms with E-state index >= 15 is 0 Å². The lowest BCUT2D eigenvalue weighted by Gasteiger charge is -2.16. The van der Waals surface area contributed by atoms with Crippen LogP contribution in [-0.2, 0) is 9.53 Å². The van der Waals surface area contributed by atoms with Gasteiger partial charge in [-0.05, 0) is 23.8 Å². The predicted octanol–water partition coefficient (Wildman–Crippen LogP) is 3.74. The second kappa shape index (κ2) is 7.49. The number of para-hydroxylation sites is 2. The number of aromatic nitrogens is 1. The third-order valence-electron chi connectivity index (χ3n) is 4.05. The Morgan fingerprint density at radius 2 is 1.73 bits per heavy atom. The molecule has 0 saturated heterocycles. The van der Waals surface area contributed by atoms with E-state index in [9.17, 15) is 10.1 Å². The topological polar surface area (TPSA) is 72.2 Å². The predicted molar refractivity (Wildman–Crippen MR) is 98.4 cm³/mol. The van der Waals surface area contributed by atoms with Crippen LogP contribution in [0.1, 0.15) is 11.1 Å². The fourth-order valence-corrected chi connectivity index (χ4v) is 2.89. The largest absolute Gasteiger partial charge is 0.496 e. The van der Waals surface area contributed by atoms with Crippen molar-refractivity contribution in [2.24, 2.45) is 0 Å². The maximum Gasteiger partial charge on any atom is 0.349 e. The molecule has 0 saturated carbocycles. The van der Waals surface area contributed by atoms with Crippen molar-refractivity contribution in [3.8, 4) is 11.8 Å². The highest BCUT2D eigenvalue weighted by atomic mass is 16.5. The summed E-state index contributed by atoms with van der Waals surface area (Å²) in [5, 5.41) is 10.5. The molecule has 2 aromatic carbocycles. The maximum atomic E-state index is 12.3. The lowest BCUT2D eigenvalue weighted by atomic mass is 9.90. The highest BCUT2D eigenvalue weighted by molar-refractivity contribution is 6.09. The van der Waals surface area contributed by atoms with E-state index in [1.807, 2.05) is 48.5 Å². The van der Waals surface area contributed by atoms with Crippen molar-refractivity contribution in [2.45, 2.75) is 0 Å². The number of carbonyl (C=O) groups excluding carboxylic acids is 1. The zero-order chi connectivity index (χ0) is 18.5. The molecule has 0 unspecified atom stereocenters. The molecule has 0 N–H and O–H groups in total. The van der Waals surface area contributed by atoms with Gasteiger partial charge in [-0.2, -0.15) is 5.26 Å². The van der Waals surface area contributed by atoms with Crippen LogP contribution in [0.3, 0.4) is 0 Å². The fourth-order valence-electron chi connectivity index (χ4n) is 2.89. The van der Waals surface area contributed by atoms with Crippen LogP contribution in [-0.4, -0.2) is 25.2 Å². The Morgan fingerprint density at radius 3 is 2.46 bits per heavy atom. The minimum absolute atomic E-state index is 0.0895. The van der Waals surface area contributed by atoms with Crippen LogP contribution >= 0.6 is 0 Å². The first-order valence-electron chi connectivity index (χ1n) is 7.91. The minimum Gasteiger partial charge on any atom is -0.496 e. The summed E-state index contributed by atoms with van der Waals surface area (Å²) < 4.78 is 10.3. The van der Waals surface area contributed by atoms with Crippen molar-refractivity contribution < 1.29 is 14.3 Å². The van der Waals surface area contributed by atoms with Gasteiger partial charge in [-0.15, -0.1) is 0 Å². The summed E-state index contributed by atoms with van der Waals surface area (Å²) in [6.07, 6.45) is 1.65. The molecule has 0 aliphatic heterocycles. The van der Waals surface area contributed by atoms with Crippen LogP contribution in [0.2, 0.25) is 0 Å². The fraction of sp³-hybridized carbons (Fsp3) is 0.0952. The zero-order valence-corrected chi connectivity index (χ0v) is 14.4. The first kappa shape index (κ1) is 17.2. The highest BCUT2D eigenvalue weighted by Crippen LogP contribution is 2.36. The Bertz CT molecular complexity index is 1040. The van der Waals surface area contributed by atoms with Gasteiger partial charge in [-0.3, -0.25) is 4.98 Å². The van der Waals surface area contributed by atoms with Crippen LogP contribution < -0.4 is 4.74 Å². The van der Waals surface area contributed by atoms with E-state index < -0.39 is 5.97 Å². The van der Waals surface area contributed by atoms with Crippen molar-refractivity contribution >= 4 is 22.4 Å². The molecule has 5 heteroatoms. The van der Waals surface area contributed by atoms with E-state index in [4.69, 9.17) is 9.47 Å². The van der Waals surface area contributed by atoms with Gasteiger partial charge in [0.15, 0.2) is 0 Å². The Kier molecular flexibility index (Phi) is 4.95. The summed E-state index contributed by atoms with van der Waals surface area (Å²) >= 11 is 0. The maximum absolute atomic E-state index is 12.3. The number of rotatable bonds is 4. The lowest BCUT2D eigenvalue weighted by molar-refractivity contribution is -0.135. The highest BCUT2D eigenvalue weighted by Gasteiger charge is 2.23. The minimum atomic E-state index is -0.700. The standard InChI is InChI=1S/C21H16N2O3/c1-25-19-10-6-4-8-16(19)20(17(13-22)21(24)26-2)15-11-12-23-18-9-5-3-7-14(15)18/h3-12H,1-2H3/b20-17+. The number of hydrogen-bond acceptors (Lipinski definition) is 5. The number of methoxy groups -OCH3 is 2. The van der Waals surface area contributed by atoms with E-state index in [2.05, 4.69) is 4.98 Å². The number of nitriles is 1. The molecule has 5 nitrogen and oxygen atoms in total. The molecule has 0 atom stereocenters. The average molecular weight is 344 g/mol. The first-order chi connectivity index (χ1) is 12.7. The molecule has 0 radical (unpaired) electrons. The quantitative estimate of drug-likeness (QED) is 0.409. The third-order valence-corrected chi connectivity index (χ3v) is 4.05. The summed E-state index contributed by atoms with van der Waals surface area (Å²) in [6.45, 7) is 0. The van der Waals surface area contributed by atoms with Gasteiger partial charge in [0.25, 0.3) is 0 Å². The molecule has 0 bridgehead atoms. The van der Waals surface area contributed by atoms with E-state index in [1.54, 1.807) is 25.4 Å². The molecule has 1 aromatic heterocycles. The Hall–Kier alpha value is -3.65. The molecule has 0 amide bonds. The van der Waals surface area contributed by atoms with Crippen molar-refractivity contribution in [3.63, 3.8) is 0 Å². The normalized spacial score (nSPS) is 11.4. The van der Waals surface area contributed by atoms with E-state index in [-0.39, 0.29) is 5.57 Å². The molecule has 1 heterocycles. The molecule has 0 fully saturated rings. The van der Waals surface area contributed by atoms with Crippen molar-refractivity contribution in [2.75, 3.05) is 14.2 Å². The molecule has 128 valence electrons. The van der Waals surface area contributed by atoms with Crippen LogP contribution in [0.4, 0.5) is 0 Å². The number of ether oxygens (including phenoxy) is 2. The van der Waals surface area contributed by atoms with Crippen molar-refractivity contribution in [3.05, 3.63) is 77.5 Å². The number of hydrogen-bond donors (Lipinski definition) is 0. The summed E-state index contributed by atoms with van der Waals surface area (Å²) in [6, 6.07) is 18.6. The summed E-state index contributed by atoms with van der Waals surface area (Å²) in [7, 11) is 2.80. The van der Waals surface area contributed by atoms with E-state index in [1.165, 1.54) is 7.11 Å². The second-order valence-electron chi connectivity index (χ2n) is 5.43. The molecule has 0 spiro atoms. The van der Waals surface area contributed by atoms with Gasteiger partial charge < -0.3 is 9.47 Å². The van der Waals surface area contributed by atoms with Gasteiger partial charge in [0, 0.05) is 22.7 Å². The van der Waals surface area contributed by atoms with Crippen molar-refractivity contribution in [1.82, 2.24) is 4.98 Å². The Balaban J connectivity index is 2.44. The van der Waals surface area contributed by atoms with Crippen LogP contribution in [0.15, 0.2) is 66.4 Å². The van der Waals surface area contributed by atoms with Crippen molar-refractivity contribution in [1.29, 1.82) is 5.26 Å². The van der Waals surface area contributed by atoms with Crippen LogP contribution in [0.5, 0.6) is 5.75 Å². The molecule has 0 aliphatic carbocycles.